The van der Waals surface area contributed by atoms with Crippen molar-refractivity contribution < 1.29 is 4.74 Å². The van der Waals surface area contributed by atoms with Crippen molar-refractivity contribution in [2.24, 2.45) is 5.92 Å². The topological polar surface area (TPSA) is 21.3 Å². The molecular weight excluding hydrogens is 305 g/mol. The smallest absolute Gasteiger partial charge is 0.0595 e. The van der Waals surface area contributed by atoms with Crippen LogP contribution in [0.5, 0.6) is 0 Å². The van der Waals surface area contributed by atoms with Gasteiger partial charge in [0.1, 0.15) is 0 Å². The van der Waals surface area contributed by atoms with Crippen molar-refractivity contribution >= 4 is 35.6 Å². The minimum atomic E-state index is 0. The first-order valence-corrected chi connectivity index (χ1v) is 7.12. The maximum Gasteiger partial charge on any atom is 0.0595 e. The summed E-state index contributed by atoms with van der Waals surface area (Å²) in [6, 6.07) is 5.93. The van der Waals surface area contributed by atoms with E-state index in [4.69, 9.17) is 27.9 Å². The van der Waals surface area contributed by atoms with Crippen LogP contribution in [0.2, 0.25) is 10.0 Å². The van der Waals surface area contributed by atoms with E-state index in [1.54, 1.807) is 7.11 Å². The van der Waals surface area contributed by atoms with Gasteiger partial charge in [-0.25, -0.2) is 0 Å². The molecule has 1 aliphatic heterocycles. The van der Waals surface area contributed by atoms with Gasteiger partial charge in [0.25, 0.3) is 0 Å². The number of methoxy groups -OCH3 is 1. The fourth-order valence-corrected chi connectivity index (χ4v) is 2.98. The summed E-state index contributed by atoms with van der Waals surface area (Å²) < 4.78 is 5.39. The molecule has 5 heteroatoms. The normalized spacial score (nSPS) is 17.8. The molecule has 1 atom stereocenters. The number of hydrogen-bond donors (Lipinski definition) is 1. The Morgan fingerprint density at radius 3 is 2.53 bits per heavy atom. The van der Waals surface area contributed by atoms with Crippen LogP contribution in [0, 0.1) is 5.92 Å². The third-order valence-corrected chi connectivity index (χ3v) is 4.41. The molecule has 1 saturated heterocycles. The van der Waals surface area contributed by atoms with Crippen LogP contribution in [0.1, 0.15) is 24.3 Å². The van der Waals surface area contributed by atoms with Gasteiger partial charge in [0.05, 0.1) is 16.7 Å². The van der Waals surface area contributed by atoms with Gasteiger partial charge in [0, 0.05) is 13.0 Å². The Kier molecular flexibility index (Phi) is 7.48. The summed E-state index contributed by atoms with van der Waals surface area (Å²) in [6.07, 6.45) is 2.38. The van der Waals surface area contributed by atoms with Gasteiger partial charge in [-0.2, -0.15) is 0 Å². The number of piperidine rings is 1. The molecule has 0 aromatic heterocycles. The van der Waals surface area contributed by atoms with Crippen molar-refractivity contribution in [3.63, 3.8) is 0 Å². The Morgan fingerprint density at radius 1 is 1.26 bits per heavy atom. The monoisotopic (exact) mass is 323 g/mol. The van der Waals surface area contributed by atoms with Crippen LogP contribution in [0.25, 0.3) is 0 Å². The van der Waals surface area contributed by atoms with E-state index in [0.717, 1.165) is 19.7 Å². The van der Waals surface area contributed by atoms with Crippen molar-refractivity contribution in [3.05, 3.63) is 33.8 Å². The van der Waals surface area contributed by atoms with E-state index in [1.807, 2.05) is 12.1 Å². The highest BCUT2D eigenvalue weighted by molar-refractivity contribution is 6.42. The Balaban J connectivity index is 0.00000180. The van der Waals surface area contributed by atoms with Crippen LogP contribution in [0.4, 0.5) is 0 Å². The molecule has 1 N–H and O–H groups in total. The third-order valence-electron chi connectivity index (χ3n) is 3.67. The molecule has 2 nitrogen and oxygen atoms in total. The van der Waals surface area contributed by atoms with E-state index in [0.29, 0.717) is 21.9 Å². The highest BCUT2D eigenvalue weighted by Gasteiger charge is 2.25. The first-order valence-electron chi connectivity index (χ1n) is 6.37. The minimum Gasteiger partial charge on any atom is -0.384 e. The lowest BCUT2D eigenvalue weighted by Gasteiger charge is -2.30. The number of benzene rings is 1. The minimum absolute atomic E-state index is 0. The molecule has 0 bridgehead atoms. The molecule has 19 heavy (non-hydrogen) atoms. The maximum absolute atomic E-state index is 6.11. The zero-order chi connectivity index (χ0) is 13.0. The molecule has 0 unspecified atom stereocenters. The van der Waals surface area contributed by atoms with Gasteiger partial charge in [0.2, 0.25) is 0 Å². The van der Waals surface area contributed by atoms with E-state index in [1.165, 1.54) is 18.4 Å². The van der Waals surface area contributed by atoms with E-state index in [2.05, 4.69) is 11.4 Å². The lowest BCUT2D eigenvalue weighted by molar-refractivity contribution is 0.144. The summed E-state index contributed by atoms with van der Waals surface area (Å²) in [5.74, 6) is 1.07. The van der Waals surface area contributed by atoms with E-state index in [9.17, 15) is 0 Å². The molecule has 2 rings (SSSR count). The molecule has 1 fully saturated rings. The van der Waals surface area contributed by atoms with Gasteiger partial charge in [-0.3, -0.25) is 0 Å². The summed E-state index contributed by atoms with van der Waals surface area (Å²) >= 11 is 12.1. The molecular formula is C14H20Cl3NO. The SMILES string of the molecule is COC[C@H](c1ccc(Cl)c(Cl)c1)C1CCNCC1.Cl. The van der Waals surface area contributed by atoms with Crippen LogP contribution in [0.15, 0.2) is 18.2 Å². The predicted octanol–water partition coefficient (Wildman–Crippen LogP) is 4.14. The second-order valence-corrected chi connectivity index (χ2v) is 5.64. The number of halogens is 3. The second-order valence-electron chi connectivity index (χ2n) is 4.82. The lowest BCUT2D eigenvalue weighted by Crippen LogP contribution is -2.32. The first-order chi connectivity index (χ1) is 8.72. The van der Waals surface area contributed by atoms with Gasteiger partial charge in [-0.1, -0.05) is 29.3 Å². The van der Waals surface area contributed by atoms with Gasteiger partial charge in [-0.05, 0) is 49.5 Å². The zero-order valence-electron chi connectivity index (χ0n) is 11.0. The fraction of sp³-hybridized carbons (Fsp3) is 0.571. The van der Waals surface area contributed by atoms with Crippen LogP contribution in [-0.2, 0) is 4.74 Å². The fourth-order valence-electron chi connectivity index (χ4n) is 2.67. The van der Waals surface area contributed by atoms with E-state index < -0.39 is 0 Å². The van der Waals surface area contributed by atoms with E-state index in [-0.39, 0.29) is 12.4 Å². The average molecular weight is 325 g/mol. The summed E-state index contributed by atoms with van der Waals surface area (Å²) in [6.45, 7) is 2.92. The molecule has 1 heterocycles. The maximum atomic E-state index is 6.11. The predicted molar refractivity (Wildman–Crippen MR) is 83.9 cm³/mol. The molecule has 1 aliphatic rings. The van der Waals surface area contributed by atoms with Gasteiger partial charge in [0.15, 0.2) is 0 Å². The molecule has 0 saturated carbocycles. The van der Waals surface area contributed by atoms with Crippen LogP contribution in [-0.4, -0.2) is 26.8 Å². The zero-order valence-corrected chi connectivity index (χ0v) is 13.3. The third kappa shape index (κ3) is 4.51. The largest absolute Gasteiger partial charge is 0.384 e. The molecule has 0 aliphatic carbocycles. The summed E-state index contributed by atoms with van der Waals surface area (Å²) in [7, 11) is 1.76. The molecule has 0 amide bonds. The first kappa shape index (κ1) is 17.1. The van der Waals surface area contributed by atoms with Crippen molar-refractivity contribution in [3.8, 4) is 0 Å². The summed E-state index contributed by atoms with van der Waals surface area (Å²) in [5.41, 5.74) is 1.23. The molecule has 1 aromatic carbocycles. The van der Waals surface area contributed by atoms with Crippen LogP contribution >= 0.6 is 35.6 Å². The van der Waals surface area contributed by atoms with E-state index >= 15 is 0 Å². The molecule has 0 radical (unpaired) electrons. The van der Waals surface area contributed by atoms with Gasteiger partial charge < -0.3 is 10.1 Å². The Labute approximate surface area is 131 Å². The molecule has 0 spiro atoms. The molecule has 1 aromatic rings. The Hall–Kier alpha value is 0.01000. The van der Waals surface area contributed by atoms with Crippen molar-refractivity contribution in [1.82, 2.24) is 5.32 Å². The van der Waals surface area contributed by atoms with Gasteiger partial charge in [-0.15, -0.1) is 12.4 Å². The average Bonchev–Trinajstić information content (AvgIpc) is 2.40. The quantitative estimate of drug-likeness (QED) is 0.898. The number of ether oxygens (including phenoxy) is 1. The Morgan fingerprint density at radius 2 is 1.95 bits per heavy atom. The number of hydrogen-bond acceptors (Lipinski definition) is 2. The van der Waals surface area contributed by atoms with Crippen LogP contribution in [0.3, 0.4) is 0 Å². The highest BCUT2D eigenvalue weighted by atomic mass is 35.5. The van der Waals surface area contributed by atoms with Crippen molar-refractivity contribution in [2.45, 2.75) is 18.8 Å². The van der Waals surface area contributed by atoms with Crippen molar-refractivity contribution in [2.75, 3.05) is 26.8 Å². The van der Waals surface area contributed by atoms with Crippen molar-refractivity contribution in [1.29, 1.82) is 0 Å². The second kappa shape index (κ2) is 8.33. The van der Waals surface area contributed by atoms with Gasteiger partial charge >= 0.3 is 0 Å². The highest BCUT2D eigenvalue weighted by Crippen LogP contribution is 2.34. The standard InChI is InChI=1S/C14H19Cl2NO.ClH/c1-18-9-12(10-4-6-17-7-5-10)11-2-3-13(15)14(16)8-11;/h2-3,8,10,12,17H,4-7,9H2,1H3;1H/t12-;/m0./s1. The number of nitrogens with one attached hydrogen (secondary N) is 1. The number of rotatable bonds is 4. The lowest BCUT2D eigenvalue weighted by atomic mass is 9.81. The Bertz CT molecular complexity index is 394. The molecule has 108 valence electrons. The van der Waals surface area contributed by atoms with Crippen LogP contribution < -0.4 is 5.32 Å². The summed E-state index contributed by atoms with van der Waals surface area (Å²) in [5, 5.41) is 4.64. The summed E-state index contributed by atoms with van der Waals surface area (Å²) in [4.78, 5) is 0.